The fraction of sp³-hybridized carbons (Fsp3) is 0.300. The van der Waals surface area contributed by atoms with Crippen LogP contribution in [0.5, 0.6) is 0 Å². The Morgan fingerprint density at radius 1 is 1.00 bits per heavy atom. The highest BCUT2D eigenvalue weighted by Gasteiger charge is 2.15. The zero-order valence-electron chi connectivity index (χ0n) is 14.4. The van der Waals surface area contributed by atoms with Crippen LogP contribution in [0.15, 0.2) is 54.6 Å². The molecule has 25 heavy (non-hydrogen) atoms. The average Bonchev–Trinajstić information content (AvgIpc) is 2.64. The van der Waals surface area contributed by atoms with Crippen molar-refractivity contribution in [2.24, 2.45) is 0 Å². The van der Waals surface area contributed by atoms with Gasteiger partial charge in [0.2, 0.25) is 0 Å². The van der Waals surface area contributed by atoms with E-state index in [-0.39, 0.29) is 6.54 Å². The van der Waals surface area contributed by atoms with E-state index in [1.165, 1.54) is 0 Å². The first kappa shape index (κ1) is 18.7. The zero-order chi connectivity index (χ0) is 18.1. The molecule has 0 saturated carbocycles. The highest BCUT2D eigenvalue weighted by Crippen LogP contribution is 2.17. The summed E-state index contributed by atoms with van der Waals surface area (Å²) >= 11 is 0. The number of aryl methyl sites for hydroxylation is 1. The van der Waals surface area contributed by atoms with Crippen molar-refractivity contribution in [1.82, 2.24) is 5.32 Å². The minimum atomic E-state index is -0.702. The second-order valence-corrected chi connectivity index (χ2v) is 5.83. The quantitative estimate of drug-likeness (QED) is 0.678. The van der Waals surface area contributed by atoms with Crippen molar-refractivity contribution < 1.29 is 14.7 Å². The lowest BCUT2D eigenvalue weighted by Gasteiger charge is -2.12. The molecule has 0 aromatic heterocycles. The Labute approximate surface area is 148 Å². The van der Waals surface area contributed by atoms with Crippen LogP contribution in [0.3, 0.4) is 0 Å². The number of hydrogen-bond acceptors (Lipinski definition) is 3. The first-order chi connectivity index (χ1) is 12.1. The highest BCUT2D eigenvalue weighted by atomic mass is 16.3. The normalized spacial score (nSPS) is 11.6. The van der Waals surface area contributed by atoms with Crippen molar-refractivity contribution in [3.8, 4) is 0 Å². The summed E-state index contributed by atoms with van der Waals surface area (Å²) in [5, 5.41) is 15.2. The minimum Gasteiger partial charge on any atom is -0.388 e. The summed E-state index contributed by atoms with van der Waals surface area (Å²) in [4.78, 5) is 24.0. The van der Waals surface area contributed by atoms with Crippen molar-refractivity contribution in [2.75, 3.05) is 11.9 Å². The van der Waals surface area contributed by atoms with Gasteiger partial charge in [-0.05, 0) is 30.0 Å². The molecule has 0 fully saturated rings. The van der Waals surface area contributed by atoms with E-state index < -0.39 is 17.9 Å². The fourth-order valence-electron chi connectivity index (χ4n) is 2.55. The molecule has 2 aromatic carbocycles. The molecule has 0 aliphatic carbocycles. The SMILES string of the molecule is CCCc1ccccc1NC(=O)C(=O)NCCC(O)c1ccccc1. The number of aliphatic hydroxyl groups is 1. The van der Waals surface area contributed by atoms with Gasteiger partial charge in [0, 0.05) is 12.2 Å². The number of carbonyl (C=O) groups is 2. The molecule has 1 atom stereocenters. The number of amides is 2. The van der Waals surface area contributed by atoms with Gasteiger partial charge in [-0.3, -0.25) is 9.59 Å². The van der Waals surface area contributed by atoms with Crippen molar-refractivity contribution in [1.29, 1.82) is 0 Å². The fourth-order valence-corrected chi connectivity index (χ4v) is 2.55. The predicted octanol–water partition coefficient (Wildman–Crippen LogP) is 2.82. The molecule has 3 N–H and O–H groups in total. The average molecular weight is 340 g/mol. The topological polar surface area (TPSA) is 78.4 Å². The lowest BCUT2D eigenvalue weighted by molar-refractivity contribution is -0.136. The van der Waals surface area contributed by atoms with E-state index in [1.807, 2.05) is 48.5 Å². The van der Waals surface area contributed by atoms with Crippen LogP contribution in [0.4, 0.5) is 5.69 Å². The summed E-state index contributed by atoms with van der Waals surface area (Å²) in [6.07, 6.45) is 1.46. The maximum Gasteiger partial charge on any atom is 0.313 e. The van der Waals surface area contributed by atoms with Crippen LogP contribution in [0.2, 0.25) is 0 Å². The largest absolute Gasteiger partial charge is 0.388 e. The Kier molecular flexibility index (Phi) is 7.16. The van der Waals surface area contributed by atoms with Gasteiger partial charge in [-0.2, -0.15) is 0 Å². The molecule has 0 bridgehead atoms. The number of hydrogen-bond donors (Lipinski definition) is 3. The second-order valence-electron chi connectivity index (χ2n) is 5.83. The van der Waals surface area contributed by atoms with E-state index in [4.69, 9.17) is 0 Å². The Morgan fingerprint density at radius 2 is 1.68 bits per heavy atom. The number of para-hydroxylation sites is 1. The summed E-state index contributed by atoms with van der Waals surface area (Å²) in [6.45, 7) is 2.28. The van der Waals surface area contributed by atoms with Gasteiger partial charge in [0.05, 0.1) is 6.10 Å². The van der Waals surface area contributed by atoms with E-state index in [9.17, 15) is 14.7 Å². The molecule has 0 saturated heterocycles. The van der Waals surface area contributed by atoms with Gasteiger partial charge in [-0.15, -0.1) is 0 Å². The van der Waals surface area contributed by atoms with Crippen LogP contribution in [0, 0.1) is 0 Å². The maximum atomic E-state index is 12.0. The van der Waals surface area contributed by atoms with Crippen LogP contribution < -0.4 is 10.6 Å². The maximum absolute atomic E-state index is 12.0. The van der Waals surface area contributed by atoms with Gasteiger partial charge >= 0.3 is 11.8 Å². The van der Waals surface area contributed by atoms with E-state index >= 15 is 0 Å². The van der Waals surface area contributed by atoms with Crippen LogP contribution >= 0.6 is 0 Å². The van der Waals surface area contributed by atoms with Gasteiger partial charge in [0.1, 0.15) is 0 Å². The van der Waals surface area contributed by atoms with Crippen molar-refractivity contribution in [3.05, 3.63) is 65.7 Å². The number of rotatable bonds is 7. The lowest BCUT2D eigenvalue weighted by Crippen LogP contribution is -2.36. The minimum absolute atomic E-state index is 0.221. The van der Waals surface area contributed by atoms with Crippen molar-refractivity contribution in [3.63, 3.8) is 0 Å². The third-order valence-electron chi connectivity index (χ3n) is 3.88. The molecule has 2 rings (SSSR count). The second kappa shape index (κ2) is 9.59. The van der Waals surface area contributed by atoms with E-state index in [0.717, 1.165) is 24.0 Å². The molecule has 0 aliphatic heterocycles. The highest BCUT2D eigenvalue weighted by molar-refractivity contribution is 6.39. The number of aliphatic hydroxyl groups excluding tert-OH is 1. The smallest absolute Gasteiger partial charge is 0.313 e. The van der Waals surface area contributed by atoms with E-state index in [0.29, 0.717) is 12.1 Å². The molecule has 0 heterocycles. The molecule has 0 aliphatic rings. The van der Waals surface area contributed by atoms with Gasteiger partial charge in [0.15, 0.2) is 0 Å². The molecule has 1 unspecified atom stereocenters. The molecule has 0 radical (unpaired) electrons. The number of benzene rings is 2. The Bertz CT molecular complexity index is 701. The Morgan fingerprint density at radius 3 is 2.40 bits per heavy atom. The summed E-state index contributed by atoms with van der Waals surface area (Å²) in [7, 11) is 0. The van der Waals surface area contributed by atoms with Gasteiger partial charge in [-0.1, -0.05) is 61.9 Å². The van der Waals surface area contributed by atoms with Crippen LogP contribution in [-0.2, 0) is 16.0 Å². The molecule has 5 nitrogen and oxygen atoms in total. The lowest BCUT2D eigenvalue weighted by atomic mass is 10.1. The van der Waals surface area contributed by atoms with E-state index in [1.54, 1.807) is 6.07 Å². The van der Waals surface area contributed by atoms with Gasteiger partial charge in [-0.25, -0.2) is 0 Å². The molecule has 132 valence electrons. The molecule has 0 spiro atoms. The van der Waals surface area contributed by atoms with Crippen LogP contribution in [0.1, 0.15) is 37.0 Å². The van der Waals surface area contributed by atoms with Crippen LogP contribution in [0.25, 0.3) is 0 Å². The van der Waals surface area contributed by atoms with Crippen LogP contribution in [-0.4, -0.2) is 23.5 Å². The Balaban J connectivity index is 1.82. The molecule has 5 heteroatoms. The summed E-state index contributed by atoms with van der Waals surface area (Å²) in [5.74, 6) is -1.40. The monoisotopic (exact) mass is 340 g/mol. The van der Waals surface area contributed by atoms with Gasteiger partial charge < -0.3 is 15.7 Å². The Hall–Kier alpha value is -2.66. The zero-order valence-corrected chi connectivity index (χ0v) is 14.4. The standard InChI is InChI=1S/C20H24N2O3/c1-2-8-15-9-6-7-12-17(15)22-20(25)19(24)21-14-13-18(23)16-10-4-3-5-11-16/h3-7,9-12,18,23H,2,8,13-14H2,1H3,(H,21,24)(H,22,25). The van der Waals surface area contributed by atoms with E-state index in [2.05, 4.69) is 17.6 Å². The first-order valence-corrected chi connectivity index (χ1v) is 8.52. The number of carbonyl (C=O) groups excluding carboxylic acids is 2. The molecule has 2 amide bonds. The van der Waals surface area contributed by atoms with Gasteiger partial charge in [0.25, 0.3) is 0 Å². The molecule has 2 aromatic rings. The summed E-state index contributed by atoms with van der Waals surface area (Å²) in [5.41, 5.74) is 2.45. The molecular formula is C20H24N2O3. The predicted molar refractivity (Wildman–Crippen MR) is 98.1 cm³/mol. The van der Waals surface area contributed by atoms with Crippen molar-refractivity contribution >= 4 is 17.5 Å². The molecular weight excluding hydrogens is 316 g/mol. The third kappa shape index (κ3) is 5.72. The number of nitrogens with one attached hydrogen (secondary N) is 2. The summed E-state index contributed by atoms with van der Waals surface area (Å²) < 4.78 is 0. The third-order valence-corrected chi connectivity index (χ3v) is 3.88. The number of anilines is 1. The summed E-state index contributed by atoms with van der Waals surface area (Å²) in [6, 6.07) is 16.7. The van der Waals surface area contributed by atoms with Crippen molar-refractivity contribution in [2.45, 2.75) is 32.3 Å². The first-order valence-electron chi connectivity index (χ1n) is 8.52.